The van der Waals surface area contributed by atoms with Crippen molar-refractivity contribution in [2.45, 2.75) is 11.3 Å². The van der Waals surface area contributed by atoms with Crippen LogP contribution in [0.5, 0.6) is 0 Å². The minimum absolute atomic E-state index is 0.118. The maximum Gasteiger partial charge on any atom is 0.337 e. The van der Waals surface area contributed by atoms with E-state index in [2.05, 4.69) is 9.47 Å². The highest BCUT2D eigenvalue weighted by Crippen LogP contribution is 2.30. The van der Waals surface area contributed by atoms with E-state index in [4.69, 9.17) is 0 Å². The van der Waals surface area contributed by atoms with Gasteiger partial charge >= 0.3 is 11.9 Å². The SMILES string of the molecule is COC(=O)CCSc1cc(C(=O)OC)ccc1[N+](=O)[O-]. The van der Waals surface area contributed by atoms with Gasteiger partial charge in [-0.15, -0.1) is 11.8 Å². The number of rotatable bonds is 6. The van der Waals surface area contributed by atoms with E-state index in [9.17, 15) is 19.7 Å². The molecule has 1 rings (SSSR count). The maximum atomic E-state index is 11.4. The van der Waals surface area contributed by atoms with Gasteiger partial charge in [0.05, 0.1) is 36.0 Å². The van der Waals surface area contributed by atoms with E-state index in [1.165, 1.54) is 32.4 Å². The molecule has 0 atom stereocenters. The number of hydrogen-bond donors (Lipinski definition) is 0. The summed E-state index contributed by atoms with van der Waals surface area (Å²) in [4.78, 5) is 33.1. The molecular weight excluding hydrogens is 286 g/mol. The minimum atomic E-state index is -0.574. The smallest absolute Gasteiger partial charge is 0.337 e. The molecule has 0 aliphatic rings. The van der Waals surface area contributed by atoms with Crippen molar-refractivity contribution < 1.29 is 24.0 Å². The number of carbonyl (C=O) groups is 2. The zero-order chi connectivity index (χ0) is 15.1. The Balaban J connectivity index is 2.91. The van der Waals surface area contributed by atoms with Gasteiger partial charge in [0.2, 0.25) is 0 Å². The van der Waals surface area contributed by atoms with Crippen molar-refractivity contribution in [3.63, 3.8) is 0 Å². The minimum Gasteiger partial charge on any atom is -0.469 e. The maximum absolute atomic E-state index is 11.4. The number of methoxy groups -OCH3 is 2. The van der Waals surface area contributed by atoms with Crippen LogP contribution < -0.4 is 0 Å². The highest BCUT2D eigenvalue weighted by Gasteiger charge is 2.17. The van der Waals surface area contributed by atoms with Gasteiger partial charge in [0.1, 0.15) is 0 Å². The zero-order valence-electron chi connectivity index (χ0n) is 11.0. The predicted octanol–water partition coefficient (Wildman–Crippen LogP) is 2.04. The fourth-order valence-electron chi connectivity index (χ4n) is 1.37. The second-order valence-electron chi connectivity index (χ2n) is 3.61. The summed E-state index contributed by atoms with van der Waals surface area (Å²) in [6.45, 7) is 0. The molecule has 0 N–H and O–H groups in total. The molecule has 0 unspecified atom stereocenters. The molecule has 0 spiro atoms. The summed E-state index contributed by atoms with van der Waals surface area (Å²) < 4.78 is 9.04. The fourth-order valence-corrected chi connectivity index (χ4v) is 2.36. The Morgan fingerprint density at radius 2 is 2.00 bits per heavy atom. The lowest BCUT2D eigenvalue weighted by Gasteiger charge is -2.05. The van der Waals surface area contributed by atoms with Crippen LogP contribution in [0, 0.1) is 10.1 Å². The fraction of sp³-hybridized carbons (Fsp3) is 0.333. The molecule has 0 aromatic heterocycles. The van der Waals surface area contributed by atoms with Gasteiger partial charge in [-0.3, -0.25) is 14.9 Å². The topological polar surface area (TPSA) is 95.7 Å². The molecule has 7 nitrogen and oxygen atoms in total. The summed E-state index contributed by atoms with van der Waals surface area (Å²) in [5.41, 5.74) is 0.103. The Labute approximate surface area is 119 Å². The number of nitro benzene ring substituents is 1. The molecule has 1 aromatic rings. The third-order valence-corrected chi connectivity index (χ3v) is 3.42. The number of benzene rings is 1. The predicted molar refractivity (Wildman–Crippen MR) is 71.8 cm³/mol. The molecule has 108 valence electrons. The van der Waals surface area contributed by atoms with Crippen LogP contribution in [0.25, 0.3) is 0 Å². The average Bonchev–Trinajstić information content (AvgIpc) is 2.45. The third-order valence-electron chi connectivity index (χ3n) is 2.37. The summed E-state index contributed by atoms with van der Waals surface area (Å²) in [6.07, 6.45) is 0.126. The van der Waals surface area contributed by atoms with E-state index in [-0.39, 0.29) is 17.7 Å². The molecular formula is C12H13NO6S. The van der Waals surface area contributed by atoms with Gasteiger partial charge in [-0.2, -0.15) is 0 Å². The summed E-state index contributed by atoms with van der Waals surface area (Å²) in [6, 6.07) is 3.95. The lowest BCUT2D eigenvalue weighted by Crippen LogP contribution is -2.03. The van der Waals surface area contributed by atoms with Gasteiger partial charge < -0.3 is 9.47 Å². The number of ether oxygens (including phenoxy) is 2. The normalized spacial score (nSPS) is 9.90. The van der Waals surface area contributed by atoms with Gasteiger partial charge in [0.25, 0.3) is 5.69 Å². The Kier molecular flexibility index (Phi) is 5.98. The first-order valence-corrected chi connectivity index (χ1v) is 6.54. The van der Waals surface area contributed by atoms with Gasteiger partial charge in [0.15, 0.2) is 0 Å². The number of esters is 2. The molecule has 0 saturated carbocycles. The quantitative estimate of drug-likeness (QED) is 0.343. The van der Waals surface area contributed by atoms with Crippen molar-refractivity contribution in [2.75, 3.05) is 20.0 Å². The molecule has 0 aliphatic heterocycles. The van der Waals surface area contributed by atoms with Crippen LogP contribution in [0.3, 0.4) is 0 Å². The van der Waals surface area contributed by atoms with Crippen LogP contribution in [0.1, 0.15) is 16.8 Å². The largest absolute Gasteiger partial charge is 0.469 e. The Morgan fingerprint density at radius 1 is 1.30 bits per heavy atom. The number of nitrogens with zero attached hydrogens (tertiary/aromatic N) is 1. The van der Waals surface area contributed by atoms with E-state index < -0.39 is 16.9 Å². The zero-order valence-corrected chi connectivity index (χ0v) is 11.8. The van der Waals surface area contributed by atoms with Gasteiger partial charge in [0, 0.05) is 11.8 Å². The average molecular weight is 299 g/mol. The highest BCUT2D eigenvalue weighted by molar-refractivity contribution is 7.99. The molecule has 1 aromatic carbocycles. The van der Waals surface area contributed by atoms with Crippen molar-refractivity contribution in [3.05, 3.63) is 33.9 Å². The van der Waals surface area contributed by atoms with Crippen molar-refractivity contribution in [1.82, 2.24) is 0 Å². The Morgan fingerprint density at radius 3 is 2.55 bits per heavy atom. The van der Waals surface area contributed by atoms with Gasteiger partial charge in [-0.05, 0) is 12.1 Å². The van der Waals surface area contributed by atoms with Crippen LogP contribution >= 0.6 is 11.8 Å². The van der Waals surface area contributed by atoms with Crippen molar-refractivity contribution >= 4 is 29.4 Å². The molecule has 0 saturated heterocycles. The van der Waals surface area contributed by atoms with E-state index in [1.54, 1.807) is 0 Å². The van der Waals surface area contributed by atoms with Crippen LogP contribution in [0.2, 0.25) is 0 Å². The number of carbonyl (C=O) groups excluding carboxylic acids is 2. The first kappa shape index (κ1) is 16.0. The second kappa shape index (κ2) is 7.49. The van der Waals surface area contributed by atoms with Gasteiger partial charge in [-0.25, -0.2) is 4.79 Å². The molecule has 0 bridgehead atoms. The lowest BCUT2D eigenvalue weighted by atomic mass is 10.2. The van der Waals surface area contributed by atoms with Crippen LogP contribution in [-0.2, 0) is 14.3 Å². The molecule has 0 fully saturated rings. The van der Waals surface area contributed by atoms with Crippen molar-refractivity contribution in [1.29, 1.82) is 0 Å². The molecule has 0 radical (unpaired) electrons. The van der Waals surface area contributed by atoms with Crippen LogP contribution in [-0.4, -0.2) is 36.8 Å². The Hall–Kier alpha value is -2.09. The third kappa shape index (κ3) is 4.23. The highest BCUT2D eigenvalue weighted by atomic mass is 32.2. The standard InChI is InChI=1S/C12H13NO6S/c1-18-11(14)5-6-20-10-7-8(12(15)19-2)3-4-9(10)13(16)17/h3-4,7H,5-6H2,1-2H3. The van der Waals surface area contributed by atoms with E-state index in [0.29, 0.717) is 10.6 Å². The lowest BCUT2D eigenvalue weighted by molar-refractivity contribution is -0.387. The first-order chi connectivity index (χ1) is 9.49. The monoisotopic (exact) mass is 299 g/mol. The second-order valence-corrected chi connectivity index (χ2v) is 4.74. The summed E-state index contributed by atoms with van der Waals surface area (Å²) in [5.74, 6) is -0.656. The van der Waals surface area contributed by atoms with Crippen molar-refractivity contribution in [3.8, 4) is 0 Å². The summed E-state index contributed by atoms with van der Waals surface area (Å²) in [5, 5.41) is 10.9. The van der Waals surface area contributed by atoms with Gasteiger partial charge in [-0.1, -0.05) is 0 Å². The molecule has 0 aliphatic carbocycles. The summed E-state index contributed by atoms with van der Waals surface area (Å²) in [7, 11) is 2.50. The number of nitro groups is 1. The van der Waals surface area contributed by atoms with Crippen LogP contribution in [0.4, 0.5) is 5.69 Å². The Bertz CT molecular complexity index is 531. The number of thioether (sulfide) groups is 1. The van der Waals surface area contributed by atoms with Crippen molar-refractivity contribution in [2.24, 2.45) is 0 Å². The first-order valence-electron chi connectivity index (χ1n) is 5.56. The van der Waals surface area contributed by atoms with E-state index >= 15 is 0 Å². The number of hydrogen-bond acceptors (Lipinski definition) is 7. The summed E-state index contributed by atoms with van der Waals surface area (Å²) >= 11 is 1.11. The molecule has 0 amide bonds. The van der Waals surface area contributed by atoms with Crippen LogP contribution in [0.15, 0.2) is 23.1 Å². The molecule has 8 heteroatoms. The van der Waals surface area contributed by atoms with E-state index in [1.807, 2.05) is 0 Å². The van der Waals surface area contributed by atoms with E-state index in [0.717, 1.165) is 11.8 Å². The molecule has 20 heavy (non-hydrogen) atoms. The molecule has 0 heterocycles.